The van der Waals surface area contributed by atoms with E-state index >= 15 is 0 Å². The predicted octanol–water partition coefficient (Wildman–Crippen LogP) is 2.91. The summed E-state index contributed by atoms with van der Waals surface area (Å²) in [6, 6.07) is 7.57. The Morgan fingerprint density at radius 1 is 1.41 bits per heavy atom. The molecular formula is C14H18ClN5OS. The van der Waals surface area contributed by atoms with Crippen LogP contribution in [0.25, 0.3) is 0 Å². The molecule has 2 amide bonds. The van der Waals surface area contributed by atoms with Gasteiger partial charge < -0.3 is 5.32 Å². The molecule has 2 aromatic rings. The highest BCUT2D eigenvalue weighted by Crippen LogP contribution is 2.20. The van der Waals surface area contributed by atoms with Crippen LogP contribution in [0.4, 0.5) is 10.6 Å². The predicted molar refractivity (Wildman–Crippen MR) is 90.3 cm³/mol. The van der Waals surface area contributed by atoms with E-state index in [0.29, 0.717) is 12.4 Å². The Bertz CT molecular complexity index is 619. The van der Waals surface area contributed by atoms with Gasteiger partial charge in [0.05, 0.1) is 6.20 Å². The van der Waals surface area contributed by atoms with Crippen LogP contribution in [0.15, 0.2) is 30.5 Å². The maximum Gasteiger partial charge on any atom is 0.320 e. The minimum absolute atomic E-state index is 0.267. The van der Waals surface area contributed by atoms with Gasteiger partial charge in [-0.2, -0.15) is 11.8 Å². The van der Waals surface area contributed by atoms with E-state index in [2.05, 4.69) is 20.9 Å². The molecule has 2 rings (SSSR count). The molecule has 0 spiro atoms. The van der Waals surface area contributed by atoms with Gasteiger partial charge >= 0.3 is 6.03 Å². The number of nitrogens with one attached hydrogen (secondary N) is 2. The minimum atomic E-state index is -0.267. The number of carbonyl (C=O) groups is 1. The number of amides is 2. The second-order valence-corrected chi connectivity index (χ2v) is 6.17. The molecule has 22 heavy (non-hydrogen) atoms. The molecule has 0 aliphatic carbocycles. The number of rotatable bonds is 7. The van der Waals surface area contributed by atoms with Crippen molar-refractivity contribution in [3.05, 3.63) is 41.0 Å². The van der Waals surface area contributed by atoms with E-state index in [-0.39, 0.29) is 6.03 Å². The summed E-state index contributed by atoms with van der Waals surface area (Å²) in [6.07, 6.45) is 2.53. The lowest BCUT2D eigenvalue weighted by atomic mass is 10.2. The van der Waals surface area contributed by atoms with Gasteiger partial charge in [-0.15, -0.1) is 5.10 Å². The van der Waals surface area contributed by atoms with Crippen molar-refractivity contribution in [2.75, 3.05) is 17.6 Å². The molecule has 0 saturated carbocycles. The summed E-state index contributed by atoms with van der Waals surface area (Å²) in [5.41, 5.74) is 1.14. The van der Waals surface area contributed by atoms with Crippen LogP contribution < -0.4 is 10.6 Å². The number of halogens is 1. The minimum Gasteiger partial charge on any atom is -0.338 e. The third kappa shape index (κ3) is 5.57. The standard InChI is InChI=1S/C14H18ClN5OS/c1-20-9-13(18-19-20)17-14(21)16-7-4-8-22-10-11-5-2-3-6-12(11)15/h2-3,5-6,9H,4,7-8,10H2,1H3,(H2,16,17,21). The number of nitrogens with zero attached hydrogens (tertiary/aromatic N) is 3. The molecule has 1 aromatic carbocycles. The quantitative estimate of drug-likeness (QED) is 0.761. The van der Waals surface area contributed by atoms with Crippen molar-refractivity contribution in [1.29, 1.82) is 0 Å². The first-order valence-corrected chi connectivity index (χ1v) is 8.41. The van der Waals surface area contributed by atoms with Gasteiger partial charge in [-0.25, -0.2) is 4.79 Å². The molecule has 0 aliphatic rings. The summed E-state index contributed by atoms with van der Waals surface area (Å²) in [4.78, 5) is 11.6. The summed E-state index contributed by atoms with van der Waals surface area (Å²) in [7, 11) is 1.74. The van der Waals surface area contributed by atoms with Crippen molar-refractivity contribution in [3.8, 4) is 0 Å². The van der Waals surface area contributed by atoms with Crippen molar-refractivity contribution in [3.63, 3.8) is 0 Å². The van der Waals surface area contributed by atoms with E-state index in [1.54, 1.807) is 25.0 Å². The van der Waals surface area contributed by atoms with Crippen LogP contribution in [0.3, 0.4) is 0 Å². The van der Waals surface area contributed by atoms with Crippen molar-refractivity contribution in [1.82, 2.24) is 20.3 Å². The highest BCUT2D eigenvalue weighted by atomic mass is 35.5. The van der Waals surface area contributed by atoms with Crippen molar-refractivity contribution in [2.24, 2.45) is 7.05 Å². The molecule has 0 fully saturated rings. The molecule has 0 radical (unpaired) electrons. The molecule has 0 aliphatic heterocycles. The van der Waals surface area contributed by atoms with E-state index < -0.39 is 0 Å². The monoisotopic (exact) mass is 339 g/mol. The summed E-state index contributed by atoms with van der Waals surface area (Å²) in [6.45, 7) is 0.613. The summed E-state index contributed by atoms with van der Waals surface area (Å²) in [5.74, 6) is 2.27. The first kappa shape index (κ1) is 16.6. The van der Waals surface area contributed by atoms with Crippen LogP contribution >= 0.6 is 23.4 Å². The SMILES string of the molecule is Cn1cc(NC(=O)NCCCSCc2ccccc2Cl)nn1. The number of hydrogen-bond donors (Lipinski definition) is 2. The number of urea groups is 1. The molecule has 0 atom stereocenters. The second-order valence-electron chi connectivity index (χ2n) is 4.66. The molecule has 0 unspecified atom stereocenters. The lowest BCUT2D eigenvalue weighted by Crippen LogP contribution is -2.29. The van der Waals surface area contributed by atoms with Gasteiger partial charge in [0, 0.05) is 24.4 Å². The van der Waals surface area contributed by atoms with Crippen LogP contribution in [0.1, 0.15) is 12.0 Å². The summed E-state index contributed by atoms with van der Waals surface area (Å²) >= 11 is 7.89. The van der Waals surface area contributed by atoms with E-state index in [0.717, 1.165) is 28.5 Å². The summed E-state index contributed by atoms with van der Waals surface area (Å²) < 4.78 is 1.53. The molecule has 2 N–H and O–H groups in total. The van der Waals surface area contributed by atoms with Gasteiger partial charge in [0.1, 0.15) is 0 Å². The highest BCUT2D eigenvalue weighted by molar-refractivity contribution is 7.98. The Morgan fingerprint density at radius 3 is 2.95 bits per heavy atom. The number of carbonyl (C=O) groups excluding carboxylic acids is 1. The number of anilines is 1. The zero-order chi connectivity index (χ0) is 15.8. The average molecular weight is 340 g/mol. The lowest BCUT2D eigenvalue weighted by molar-refractivity contribution is 0.252. The van der Waals surface area contributed by atoms with E-state index in [1.807, 2.05) is 24.3 Å². The van der Waals surface area contributed by atoms with Crippen LogP contribution in [0.2, 0.25) is 5.02 Å². The van der Waals surface area contributed by atoms with E-state index in [4.69, 9.17) is 11.6 Å². The van der Waals surface area contributed by atoms with E-state index in [1.165, 1.54) is 4.68 Å². The first-order chi connectivity index (χ1) is 10.6. The maximum absolute atomic E-state index is 11.6. The fraction of sp³-hybridized carbons (Fsp3) is 0.357. The van der Waals surface area contributed by atoms with Gasteiger partial charge in [-0.05, 0) is 23.8 Å². The molecule has 0 saturated heterocycles. The molecule has 118 valence electrons. The number of hydrogen-bond acceptors (Lipinski definition) is 4. The number of aryl methyl sites for hydroxylation is 1. The van der Waals surface area contributed by atoms with Crippen LogP contribution in [-0.4, -0.2) is 33.3 Å². The Morgan fingerprint density at radius 2 is 2.23 bits per heavy atom. The summed E-state index contributed by atoms with van der Waals surface area (Å²) in [5, 5.41) is 13.7. The number of aromatic nitrogens is 3. The average Bonchev–Trinajstić information content (AvgIpc) is 2.89. The van der Waals surface area contributed by atoms with Crippen molar-refractivity contribution in [2.45, 2.75) is 12.2 Å². The van der Waals surface area contributed by atoms with Gasteiger partial charge in [0.15, 0.2) is 5.82 Å². The van der Waals surface area contributed by atoms with Crippen LogP contribution in [0, 0.1) is 0 Å². The third-order valence-electron chi connectivity index (χ3n) is 2.81. The third-order valence-corrected chi connectivity index (χ3v) is 4.27. The Kier molecular flexibility index (Phi) is 6.54. The number of benzene rings is 1. The maximum atomic E-state index is 11.6. The molecule has 0 bridgehead atoms. The van der Waals surface area contributed by atoms with Crippen molar-refractivity contribution < 1.29 is 4.79 Å². The molecule has 1 heterocycles. The van der Waals surface area contributed by atoms with Gasteiger partial charge in [-0.1, -0.05) is 35.0 Å². The highest BCUT2D eigenvalue weighted by Gasteiger charge is 2.04. The zero-order valence-electron chi connectivity index (χ0n) is 12.3. The zero-order valence-corrected chi connectivity index (χ0v) is 13.8. The van der Waals surface area contributed by atoms with Gasteiger partial charge in [0.2, 0.25) is 0 Å². The molecule has 6 nitrogen and oxygen atoms in total. The van der Waals surface area contributed by atoms with Crippen LogP contribution in [0.5, 0.6) is 0 Å². The van der Waals surface area contributed by atoms with Gasteiger partial charge in [0.25, 0.3) is 0 Å². The fourth-order valence-electron chi connectivity index (χ4n) is 1.74. The smallest absolute Gasteiger partial charge is 0.320 e. The molecular weight excluding hydrogens is 322 g/mol. The Balaban J connectivity index is 1.55. The second kappa shape index (κ2) is 8.65. The van der Waals surface area contributed by atoms with Gasteiger partial charge in [-0.3, -0.25) is 10.00 Å². The van der Waals surface area contributed by atoms with E-state index in [9.17, 15) is 4.79 Å². The number of thioether (sulfide) groups is 1. The molecule has 1 aromatic heterocycles. The van der Waals surface area contributed by atoms with Crippen LogP contribution in [-0.2, 0) is 12.8 Å². The van der Waals surface area contributed by atoms with Crippen molar-refractivity contribution >= 4 is 35.2 Å². The lowest BCUT2D eigenvalue weighted by Gasteiger charge is -2.06. The Hall–Kier alpha value is -1.73. The fourth-order valence-corrected chi connectivity index (χ4v) is 2.99. The first-order valence-electron chi connectivity index (χ1n) is 6.87. The largest absolute Gasteiger partial charge is 0.338 e. The normalized spacial score (nSPS) is 10.5. The topological polar surface area (TPSA) is 71.8 Å². The molecule has 8 heteroatoms. The Labute approximate surface area is 138 Å².